The van der Waals surface area contributed by atoms with Crippen molar-refractivity contribution in [2.75, 3.05) is 25.0 Å². The first-order chi connectivity index (χ1) is 14.5. The molecule has 4 amide bonds. The normalized spacial score (nSPS) is 14.2. The Morgan fingerprint density at radius 1 is 0.733 bits per heavy atom. The molecule has 0 saturated heterocycles. The molecule has 4 rings (SSSR count). The first-order valence-electron chi connectivity index (χ1n) is 8.98. The van der Waals surface area contributed by atoms with Crippen molar-refractivity contribution in [3.8, 4) is 0 Å². The van der Waals surface area contributed by atoms with Gasteiger partial charge in [0.25, 0.3) is 23.6 Å². The molecule has 30 heavy (non-hydrogen) atoms. The predicted molar refractivity (Wildman–Crippen MR) is 111 cm³/mol. The maximum Gasteiger partial charge on any atom is 0.261 e. The van der Waals surface area contributed by atoms with Crippen molar-refractivity contribution in [3.05, 3.63) is 81.2 Å². The van der Waals surface area contributed by atoms with Gasteiger partial charge in [0.05, 0.1) is 22.3 Å². The zero-order valence-electron chi connectivity index (χ0n) is 15.7. The van der Waals surface area contributed by atoms with E-state index in [4.69, 9.17) is 5.53 Å². The Hall–Kier alpha value is -3.49. The molecule has 0 aromatic heterocycles. The van der Waals surface area contributed by atoms with Gasteiger partial charge in [0.2, 0.25) is 0 Å². The third kappa shape index (κ3) is 3.96. The molecule has 0 bridgehead atoms. The molecule has 2 heterocycles. The Morgan fingerprint density at radius 3 is 1.43 bits per heavy atom. The molecule has 9 nitrogen and oxygen atoms in total. The Labute approximate surface area is 180 Å². The molecule has 0 fully saturated rings. The summed E-state index contributed by atoms with van der Waals surface area (Å²) in [5, 5.41) is 3.91. The summed E-state index contributed by atoms with van der Waals surface area (Å²) in [7, 11) is 0. The molecule has 0 unspecified atom stereocenters. The van der Waals surface area contributed by atoms with E-state index in [2.05, 4.69) is 26.0 Å². The first-order valence-corrected chi connectivity index (χ1v) is 10.1. The molecular formula is C20H16BrN5O4. The predicted octanol–water partition coefficient (Wildman–Crippen LogP) is 3.27. The van der Waals surface area contributed by atoms with Crippen LogP contribution in [0, 0.1) is 0 Å². The second-order valence-electron chi connectivity index (χ2n) is 6.26. The van der Waals surface area contributed by atoms with Gasteiger partial charge >= 0.3 is 0 Å². The van der Waals surface area contributed by atoms with E-state index < -0.39 is 0 Å². The number of amides is 4. The highest BCUT2D eigenvalue weighted by molar-refractivity contribution is 9.09. The largest absolute Gasteiger partial charge is 0.274 e. The van der Waals surface area contributed by atoms with Crippen molar-refractivity contribution in [3.63, 3.8) is 0 Å². The summed E-state index contributed by atoms with van der Waals surface area (Å²) in [5.74, 6) is -1.03. The minimum Gasteiger partial charge on any atom is -0.274 e. The van der Waals surface area contributed by atoms with Crippen LogP contribution < -0.4 is 0 Å². The Bertz CT molecular complexity index is 1010. The van der Waals surface area contributed by atoms with E-state index in [-0.39, 0.29) is 36.7 Å². The number of alkyl halides is 1. The average Bonchev–Trinajstić information content (AvgIpc) is 3.16. The lowest BCUT2D eigenvalue weighted by atomic mass is 10.1. The number of hydrogen-bond donors (Lipinski definition) is 0. The van der Waals surface area contributed by atoms with E-state index in [1.807, 2.05) is 0 Å². The second kappa shape index (κ2) is 9.34. The third-order valence-corrected chi connectivity index (χ3v) is 4.91. The van der Waals surface area contributed by atoms with Gasteiger partial charge in [-0.05, 0) is 29.8 Å². The van der Waals surface area contributed by atoms with E-state index in [1.165, 1.54) is 4.90 Å². The van der Waals surface area contributed by atoms with E-state index >= 15 is 0 Å². The molecule has 0 spiro atoms. The summed E-state index contributed by atoms with van der Waals surface area (Å²) in [6.45, 7) is 0.644. The minimum atomic E-state index is -0.325. The molecule has 2 aromatic carbocycles. The molecule has 2 aromatic rings. The number of benzene rings is 2. The molecule has 2 aliphatic heterocycles. The van der Waals surface area contributed by atoms with Crippen LogP contribution in [0.3, 0.4) is 0 Å². The molecule has 0 saturated carbocycles. The number of azide groups is 1. The first kappa shape index (κ1) is 21.2. The van der Waals surface area contributed by atoms with Gasteiger partial charge in [-0.15, -0.1) is 0 Å². The minimum absolute atomic E-state index is 0.0992. The molecule has 2 aliphatic rings. The van der Waals surface area contributed by atoms with Crippen LogP contribution in [0.15, 0.2) is 53.6 Å². The van der Waals surface area contributed by atoms with Crippen LogP contribution in [0.4, 0.5) is 0 Å². The van der Waals surface area contributed by atoms with Gasteiger partial charge in [-0.2, -0.15) is 0 Å². The topological polar surface area (TPSA) is 124 Å². The van der Waals surface area contributed by atoms with E-state index in [1.54, 1.807) is 48.5 Å². The molecular weight excluding hydrogens is 454 g/mol. The van der Waals surface area contributed by atoms with Crippen LogP contribution in [-0.2, 0) is 0 Å². The second-order valence-corrected chi connectivity index (χ2v) is 7.05. The van der Waals surface area contributed by atoms with Gasteiger partial charge < -0.3 is 0 Å². The van der Waals surface area contributed by atoms with Crippen molar-refractivity contribution >= 4 is 39.6 Å². The van der Waals surface area contributed by atoms with Crippen LogP contribution >= 0.6 is 15.9 Å². The summed E-state index contributed by atoms with van der Waals surface area (Å²) >= 11 is 3.21. The lowest BCUT2D eigenvalue weighted by molar-refractivity contribution is 0.0646. The summed E-state index contributed by atoms with van der Waals surface area (Å²) in [4.78, 5) is 51.8. The fourth-order valence-electron chi connectivity index (χ4n) is 3.16. The lowest BCUT2D eigenvalue weighted by Gasteiger charge is -2.10. The van der Waals surface area contributed by atoms with Crippen LogP contribution in [0.2, 0.25) is 0 Å². The number of halogens is 1. The van der Waals surface area contributed by atoms with Gasteiger partial charge in [-0.3, -0.25) is 29.0 Å². The maximum atomic E-state index is 11.8. The average molecular weight is 470 g/mol. The van der Waals surface area contributed by atoms with Gasteiger partial charge in [-0.25, -0.2) is 0 Å². The number of carbonyl (C=O) groups excluding carboxylic acids is 4. The van der Waals surface area contributed by atoms with Crippen molar-refractivity contribution in [2.24, 2.45) is 5.11 Å². The number of carbonyl (C=O) groups is 4. The fourth-order valence-corrected chi connectivity index (χ4v) is 3.51. The molecule has 0 radical (unpaired) electrons. The van der Waals surface area contributed by atoms with Crippen LogP contribution in [0.25, 0.3) is 10.4 Å². The van der Waals surface area contributed by atoms with Crippen molar-refractivity contribution in [1.82, 2.24) is 9.80 Å². The van der Waals surface area contributed by atoms with Gasteiger partial charge in [0.1, 0.15) is 0 Å². The SMILES string of the molecule is O=C1c2ccccc2C(=O)N1CCBr.[N-]=[N+]=NCCN1C(=O)c2ccccc2C1=O. The standard InChI is InChI=1S/C10H8BrNO2.C10H8N4O2/c11-5-6-12-9(13)7-3-1-2-4-8(7)10(12)14;11-13-12-5-6-14-9(15)7-3-1-2-4-8(7)10(14)16/h1-4H,5-6H2;1-4H,5-6H2. The zero-order valence-corrected chi connectivity index (χ0v) is 17.3. The van der Waals surface area contributed by atoms with Crippen molar-refractivity contribution < 1.29 is 19.2 Å². The van der Waals surface area contributed by atoms with Crippen LogP contribution in [0.1, 0.15) is 41.4 Å². The van der Waals surface area contributed by atoms with Crippen LogP contribution in [-0.4, -0.2) is 58.4 Å². The molecule has 10 heteroatoms. The zero-order chi connectivity index (χ0) is 21.7. The van der Waals surface area contributed by atoms with Crippen LogP contribution in [0.5, 0.6) is 0 Å². The van der Waals surface area contributed by atoms with Gasteiger partial charge in [-0.1, -0.05) is 45.3 Å². The van der Waals surface area contributed by atoms with E-state index in [9.17, 15) is 19.2 Å². The number of imide groups is 2. The Morgan fingerprint density at radius 2 is 1.10 bits per heavy atom. The summed E-state index contributed by atoms with van der Waals surface area (Å²) in [5.41, 5.74) is 9.96. The Balaban J connectivity index is 0.000000172. The van der Waals surface area contributed by atoms with Crippen molar-refractivity contribution in [2.45, 2.75) is 0 Å². The summed E-state index contributed by atoms with van der Waals surface area (Å²) in [6, 6.07) is 13.5. The summed E-state index contributed by atoms with van der Waals surface area (Å²) < 4.78 is 0. The molecule has 152 valence electrons. The Kier molecular flexibility index (Phi) is 6.61. The lowest BCUT2D eigenvalue weighted by Crippen LogP contribution is -2.31. The van der Waals surface area contributed by atoms with E-state index in [0.29, 0.717) is 34.1 Å². The van der Waals surface area contributed by atoms with E-state index in [0.717, 1.165) is 4.90 Å². The number of rotatable bonds is 5. The van der Waals surface area contributed by atoms with Gasteiger partial charge in [0, 0.05) is 29.9 Å². The quantitative estimate of drug-likeness (QED) is 0.219. The third-order valence-electron chi connectivity index (χ3n) is 4.55. The molecule has 0 aliphatic carbocycles. The fraction of sp³-hybridized carbons (Fsp3) is 0.200. The maximum absolute atomic E-state index is 11.8. The van der Waals surface area contributed by atoms with Gasteiger partial charge in [0.15, 0.2) is 0 Å². The number of fused-ring (bicyclic) bond motifs is 2. The van der Waals surface area contributed by atoms with Crippen molar-refractivity contribution in [1.29, 1.82) is 0 Å². The summed E-state index contributed by atoms with van der Waals surface area (Å²) in [6.07, 6.45) is 0. The molecule has 0 atom stereocenters. The highest BCUT2D eigenvalue weighted by Crippen LogP contribution is 2.22. The smallest absolute Gasteiger partial charge is 0.261 e. The highest BCUT2D eigenvalue weighted by Gasteiger charge is 2.35. The number of hydrogen-bond acceptors (Lipinski definition) is 5. The monoisotopic (exact) mass is 469 g/mol. The highest BCUT2D eigenvalue weighted by atomic mass is 79.9. The number of nitrogens with zero attached hydrogens (tertiary/aromatic N) is 5. The molecule has 0 N–H and O–H groups in total.